The van der Waals surface area contributed by atoms with Crippen LogP contribution in [0.15, 0.2) is 89.9 Å². The van der Waals surface area contributed by atoms with Gasteiger partial charge in [0.15, 0.2) is 0 Å². The van der Waals surface area contributed by atoms with Crippen LogP contribution in [0.3, 0.4) is 0 Å². The van der Waals surface area contributed by atoms with Crippen molar-refractivity contribution in [1.82, 2.24) is 9.55 Å². The number of benzene rings is 3. The van der Waals surface area contributed by atoms with Gasteiger partial charge in [0.2, 0.25) is 0 Å². The van der Waals surface area contributed by atoms with E-state index in [0.717, 1.165) is 28.9 Å². The summed E-state index contributed by atoms with van der Waals surface area (Å²) in [5.74, 6) is 0. The summed E-state index contributed by atoms with van der Waals surface area (Å²) in [5, 5.41) is 1.34. The van der Waals surface area contributed by atoms with Crippen LogP contribution in [0.25, 0.3) is 38.6 Å². The van der Waals surface area contributed by atoms with Gasteiger partial charge in [-0.2, -0.15) is 13.2 Å². The van der Waals surface area contributed by atoms with Gasteiger partial charge in [-0.1, -0.05) is 24.3 Å². The number of rotatable bonds is 3. The molecule has 5 aromatic rings. The second kappa shape index (κ2) is 8.02. The van der Waals surface area contributed by atoms with Gasteiger partial charge in [0.1, 0.15) is 0 Å². The predicted octanol–water partition coefficient (Wildman–Crippen LogP) is 6.29. The molecule has 0 saturated heterocycles. The molecule has 0 bridgehead atoms. The van der Waals surface area contributed by atoms with Crippen LogP contribution >= 0.6 is 0 Å². The van der Waals surface area contributed by atoms with Crippen molar-refractivity contribution in [3.8, 4) is 16.8 Å². The fourth-order valence-electron chi connectivity index (χ4n) is 4.12. The van der Waals surface area contributed by atoms with E-state index >= 15 is 0 Å². The maximum Gasteiger partial charge on any atom is 0.416 e. The first kappa shape index (κ1) is 21.7. The van der Waals surface area contributed by atoms with Crippen LogP contribution in [0.5, 0.6) is 0 Å². The standard InChI is InChI=1S/C27H20F3N3O/c1-32(2)21-10-6-17(7-11-21)18-8-12-24-23(14-18)26-19(16-31-24)9-13-25(34)33(26)22-5-3-4-20(15-22)27(28,29)30/h3-16H,1-2H3. The zero-order valence-electron chi connectivity index (χ0n) is 18.5. The third kappa shape index (κ3) is 3.79. The molecule has 0 aliphatic rings. The number of halogens is 3. The molecule has 0 spiro atoms. The van der Waals surface area contributed by atoms with E-state index < -0.39 is 17.3 Å². The van der Waals surface area contributed by atoms with Crippen molar-refractivity contribution in [3.05, 3.63) is 101 Å². The highest BCUT2D eigenvalue weighted by molar-refractivity contribution is 6.05. The lowest BCUT2D eigenvalue weighted by atomic mass is 10.0. The fraction of sp³-hybridized carbons (Fsp3) is 0.111. The van der Waals surface area contributed by atoms with Crippen molar-refractivity contribution in [1.29, 1.82) is 0 Å². The summed E-state index contributed by atoms with van der Waals surface area (Å²) in [5.41, 5.74) is 3.05. The Bertz CT molecular complexity index is 1590. The van der Waals surface area contributed by atoms with Crippen molar-refractivity contribution < 1.29 is 13.2 Å². The summed E-state index contributed by atoms with van der Waals surface area (Å²) in [7, 11) is 3.94. The smallest absolute Gasteiger partial charge is 0.378 e. The molecule has 0 unspecified atom stereocenters. The molecule has 5 rings (SSSR count). The van der Waals surface area contributed by atoms with Crippen LogP contribution in [-0.2, 0) is 6.18 Å². The van der Waals surface area contributed by atoms with E-state index in [-0.39, 0.29) is 5.69 Å². The zero-order chi connectivity index (χ0) is 24.0. The van der Waals surface area contributed by atoms with Gasteiger partial charge in [0, 0.05) is 48.5 Å². The Morgan fingerprint density at radius 2 is 1.59 bits per heavy atom. The Hall–Kier alpha value is -4.13. The number of alkyl halides is 3. The van der Waals surface area contributed by atoms with Gasteiger partial charge >= 0.3 is 6.18 Å². The molecule has 4 nitrogen and oxygen atoms in total. The Morgan fingerprint density at radius 3 is 2.29 bits per heavy atom. The minimum Gasteiger partial charge on any atom is -0.378 e. The van der Waals surface area contributed by atoms with Crippen LogP contribution in [0.2, 0.25) is 0 Å². The van der Waals surface area contributed by atoms with Crippen LogP contribution in [0.4, 0.5) is 18.9 Å². The Labute approximate surface area is 193 Å². The molecule has 0 aliphatic carbocycles. The lowest BCUT2D eigenvalue weighted by Gasteiger charge is -2.15. The Morgan fingerprint density at radius 1 is 0.853 bits per heavy atom. The van der Waals surface area contributed by atoms with Crippen LogP contribution < -0.4 is 10.5 Å². The first-order chi connectivity index (χ1) is 16.2. The normalized spacial score (nSPS) is 11.8. The minimum absolute atomic E-state index is 0.152. The largest absolute Gasteiger partial charge is 0.416 e. The topological polar surface area (TPSA) is 38.1 Å². The van der Waals surface area contributed by atoms with E-state index in [2.05, 4.69) is 4.98 Å². The average molecular weight is 459 g/mol. The van der Waals surface area contributed by atoms with Gasteiger partial charge in [0.05, 0.1) is 16.6 Å². The molecule has 0 atom stereocenters. The van der Waals surface area contributed by atoms with Crippen molar-refractivity contribution in [2.75, 3.05) is 19.0 Å². The second-order valence-electron chi connectivity index (χ2n) is 8.29. The molecule has 3 aromatic carbocycles. The van der Waals surface area contributed by atoms with E-state index in [1.165, 1.54) is 22.8 Å². The summed E-state index contributed by atoms with van der Waals surface area (Å²) < 4.78 is 41.4. The van der Waals surface area contributed by atoms with E-state index in [4.69, 9.17) is 0 Å². The van der Waals surface area contributed by atoms with Crippen LogP contribution in [0.1, 0.15) is 5.56 Å². The van der Waals surface area contributed by atoms with Crippen LogP contribution in [-0.4, -0.2) is 23.6 Å². The first-order valence-electron chi connectivity index (χ1n) is 10.6. The number of hydrogen-bond donors (Lipinski definition) is 0. The predicted molar refractivity (Wildman–Crippen MR) is 130 cm³/mol. The number of hydrogen-bond acceptors (Lipinski definition) is 3. The number of aromatic nitrogens is 2. The quantitative estimate of drug-likeness (QED) is 0.298. The number of anilines is 1. The number of fused-ring (bicyclic) bond motifs is 3. The van der Waals surface area contributed by atoms with E-state index in [0.29, 0.717) is 21.8 Å². The van der Waals surface area contributed by atoms with Crippen molar-refractivity contribution in [3.63, 3.8) is 0 Å². The molecule has 0 N–H and O–H groups in total. The summed E-state index contributed by atoms with van der Waals surface area (Å²) in [6.07, 6.45) is -2.88. The SMILES string of the molecule is CN(C)c1ccc(-c2ccc3ncc4ccc(=O)n(-c5cccc(C(F)(F)F)c5)c4c3c2)cc1. The molecule has 34 heavy (non-hydrogen) atoms. The van der Waals surface area contributed by atoms with Gasteiger partial charge in [0.25, 0.3) is 5.56 Å². The average Bonchev–Trinajstić information content (AvgIpc) is 2.83. The van der Waals surface area contributed by atoms with Crippen molar-refractivity contribution >= 4 is 27.5 Å². The second-order valence-corrected chi connectivity index (χ2v) is 8.29. The molecule has 170 valence electrons. The van der Waals surface area contributed by atoms with Gasteiger partial charge in [-0.25, -0.2) is 0 Å². The van der Waals surface area contributed by atoms with E-state index in [9.17, 15) is 18.0 Å². The molecule has 0 radical (unpaired) electrons. The molecule has 0 fully saturated rings. The zero-order valence-corrected chi connectivity index (χ0v) is 18.5. The third-order valence-corrected chi connectivity index (χ3v) is 5.87. The highest BCUT2D eigenvalue weighted by Gasteiger charge is 2.30. The summed E-state index contributed by atoms with van der Waals surface area (Å²) in [4.78, 5) is 19.5. The van der Waals surface area contributed by atoms with Gasteiger partial charge in [-0.15, -0.1) is 0 Å². The molecule has 2 aromatic heterocycles. The molecule has 2 heterocycles. The Kier molecular flexibility index (Phi) is 5.12. The maximum absolute atomic E-state index is 13.4. The molecule has 0 amide bonds. The Balaban J connectivity index is 1.78. The molecular formula is C27H20F3N3O. The lowest BCUT2D eigenvalue weighted by molar-refractivity contribution is -0.137. The molecule has 7 heteroatoms. The van der Waals surface area contributed by atoms with Gasteiger partial charge < -0.3 is 4.90 Å². The number of pyridine rings is 2. The third-order valence-electron chi connectivity index (χ3n) is 5.87. The molecular weight excluding hydrogens is 439 g/mol. The molecule has 0 aliphatic heterocycles. The summed E-state index contributed by atoms with van der Waals surface area (Å²) in [6, 6.07) is 21.6. The van der Waals surface area contributed by atoms with Crippen molar-refractivity contribution in [2.45, 2.75) is 6.18 Å². The van der Waals surface area contributed by atoms with Gasteiger partial charge in [-0.3, -0.25) is 14.3 Å². The maximum atomic E-state index is 13.4. The first-order valence-corrected chi connectivity index (χ1v) is 10.6. The van der Waals surface area contributed by atoms with E-state index in [1.807, 2.05) is 61.5 Å². The van der Waals surface area contributed by atoms with E-state index in [1.54, 1.807) is 12.3 Å². The monoisotopic (exact) mass is 459 g/mol. The minimum atomic E-state index is -4.51. The summed E-state index contributed by atoms with van der Waals surface area (Å²) in [6.45, 7) is 0. The summed E-state index contributed by atoms with van der Waals surface area (Å²) >= 11 is 0. The van der Waals surface area contributed by atoms with Gasteiger partial charge in [-0.05, 0) is 59.7 Å². The van der Waals surface area contributed by atoms with Crippen molar-refractivity contribution in [2.24, 2.45) is 0 Å². The highest BCUT2D eigenvalue weighted by atomic mass is 19.4. The molecule has 0 saturated carbocycles. The van der Waals surface area contributed by atoms with Crippen LogP contribution in [0, 0.1) is 0 Å². The highest BCUT2D eigenvalue weighted by Crippen LogP contribution is 2.33. The number of nitrogens with zero attached hydrogens (tertiary/aromatic N) is 3. The lowest BCUT2D eigenvalue weighted by Crippen LogP contribution is -2.18. The fourth-order valence-corrected chi connectivity index (χ4v) is 4.12.